The van der Waals surface area contributed by atoms with Crippen LogP contribution in [0.4, 0.5) is 0 Å². The molecule has 0 saturated carbocycles. The fourth-order valence-corrected chi connectivity index (χ4v) is 4.11. The summed E-state index contributed by atoms with van der Waals surface area (Å²) >= 11 is 0.817. The second-order valence-corrected chi connectivity index (χ2v) is 8.53. The van der Waals surface area contributed by atoms with Crippen molar-refractivity contribution in [3.05, 3.63) is 56.3 Å². The Hall–Kier alpha value is -0.365. The van der Waals surface area contributed by atoms with E-state index in [0.29, 0.717) is 0 Å². The van der Waals surface area contributed by atoms with E-state index in [2.05, 4.69) is 57.2 Å². The summed E-state index contributed by atoms with van der Waals surface area (Å²) < 4.78 is 1.71. The molecule has 0 saturated heterocycles. The van der Waals surface area contributed by atoms with Crippen LogP contribution in [-0.2, 0) is 26.1 Å². The van der Waals surface area contributed by atoms with E-state index in [1.54, 1.807) is 3.08 Å². The third-order valence-electron chi connectivity index (χ3n) is 3.01. The van der Waals surface area contributed by atoms with Gasteiger partial charge < -0.3 is 0 Å². The Labute approximate surface area is 128 Å². The Morgan fingerprint density at radius 1 is 1.28 bits per heavy atom. The molecule has 0 nitrogen and oxygen atoms in total. The molecule has 0 amide bonds. The minimum atomic E-state index is 0.817. The molecule has 0 atom stereocenters. The second-order valence-electron chi connectivity index (χ2n) is 5.00. The van der Waals surface area contributed by atoms with Crippen molar-refractivity contribution in [1.82, 2.24) is 0 Å². The van der Waals surface area contributed by atoms with E-state index in [1.165, 1.54) is 36.0 Å². The fourth-order valence-electron chi connectivity index (χ4n) is 2.12. The van der Waals surface area contributed by atoms with Crippen molar-refractivity contribution in [2.45, 2.75) is 46.5 Å². The normalized spacial score (nSPS) is 20.7. The molecule has 0 bridgehead atoms. The zero-order chi connectivity index (χ0) is 13.4. The van der Waals surface area contributed by atoms with Crippen molar-refractivity contribution in [2.24, 2.45) is 0 Å². The minimum absolute atomic E-state index is 0.817. The van der Waals surface area contributed by atoms with Crippen molar-refractivity contribution in [3.8, 4) is 0 Å². The molecule has 0 aliphatic heterocycles. The predicted molar refractivity (Wildman–Crippen MR) is 77.0 cm³/mol. The maximum atomic E-state index is 2.43. The molecule has 0 N–H and O–H groups in total. The third-order valence-corrected chi connectivity index (χ3v) is 5.18. The van der Waals surface area contributed by atoms with E-state index in [0.717, 1.165) is 32.5 Å². The van der Waals surface area contributed by atoms with E-state index in [-0.39, 0.29) is 0 Å². The number of allylic oxidation sites excluding steroid dienone is 10. The fraction of sp³-hybridized carbons (Fsp3) is 0.412. The summed E-state index contributed by atoms with van der Waals surface area (Å²) in [7, 11) is 0. The standard InChI is InChI=1S/C17H23.Hg/c1-4-9-15(2)10-8-11-16(3)14-17-12-6-5-7-13-17;/h8-11,13-14H,4-6,12H2,1-3H3;/b10-8+,15-9+,16-11+,17-14+;. The van der Waals surface area contributed by atoms with Gasteiger partial charge in [-0.1, -0.05) is 0 Å². The molecule has 0 heterocycles. The van der Waals surface area contributed by atoms with Gasteiger partial charge in [-0.3, -0.25) is 0 Å². The average Bonchev–Trinajstić information content (AvgIpc) is 2.29. The number of hydrogen-bond acceptors (Lipinski definition) is 0. The van der Waals surface area contributed by atoms with E-state index < -0.39 is 0 Å². The van der Waals surface area contributed by atoms with Crippen LogP contribution in [0.2, 0.25) is 0 Å². The van der Waals surface area contributed by atoms with Crippen LogP contribution >= 0.6 is 0 Å². The van der Waals surface area contributed by atoms with Gasteiger partial charge in [-0.2, -0.15) is 0 Å². The molecule has 0 aromatic carbocycles. The van der Waals surface area contributed by atoms with Gasteiger partial charge in [0, 0.05) is 0 Å². The molecule has 0 unspecified atom stereocenters. The van der Waals surface area contributed by atoms with Crippen LogP contribution in [0.1, 0.15) is 46.5 Å². The zero-order valence-corrected chi connectivity index (χ0v) is 17.5. The summed E-state index contributed by atoms with van der Waals surface area (Å²) in [6.45, 7) is 6.52. The molecule has 0 spiro atoms. The van der Waals surface area contributed by atoms with Crippen LogP contribution in [0.15, 0.2) is 56.3 Å². The average molecular weight is 428 g/mol. The van der Waals surface area contributed by atoms with Crippen LogP contribution in [0.3, 0.4) is 0 Å². The first-order valence-electron chi connectivity index (χ1n) is 6.86. The monoisotopic (exact) mass is 429 g/mol. The first-order chi connectivity index (χ1) is 8.61. The van der Waals surface area contributed by atoms with Gasteiger partial charge in [0.25, 0.3) is 0 Å². The summed E-state index contributed by atoms with van der Waals surface area (Å²) in [6.07, 6.45) is 18.6. The van der Waals surface area contributed by atoms with E-state index in [9.17, 15) is 0 Å². The van der Waals surface area contributed by atoms with Crippen LogP contribution in [0.25, 0.3) is 0 Å². The molecule has 0 aromatic rings. The topological polar surface area (TPSA) is 0 Å². The first-order valence-corrected chi connectivity index (χ1v) is 9.61. The Kier molecular flexibility index (Phi) is 7.57. The van der Waals surface area contributed by atoms with Gasteiger partial charge in [0.05, 0.1) is 0 Å². The predicted octanol–water partition coefficient (Wildman–Crippen LogP) is 5.39. The Morgan fingerprint density at radius 3 is 2.72 bits per heavy atom. The number of rotatable bonds is 4. The van der Waals surface area contributed by atoms with Gasteiger partial charge in [-0.15, -0.1) is 0 Å². The molecule has 0 aromatic heterocycles. The van der Waals surface area contributed by atoms with Crippen molar-refractivity contribution in [1.29, 1.82) is 0 Å². The Balaban J connectivity index is 2.65. The van der Waals surface area contributed by atoms with Gasteiger partial charge in [0.2, 0.25) is 0 Å². The summed E-state index contributed by atoms with van der Waals surface area (Å²) in [5.74, 6) is 0. The van der Waals surface area contributed by atoms with Gasteiger partial charge in [-0.25, -0.2) is 0 Å². The molecular formula is C17H23Hg. The molecule has 0 fully saturated rings. The molecule has 1 rings (SSSR count). The Bertz CT molecular complexity index is 417. The summed E-state index contributed by atoms with van der Waals surface area (Å²) in [6, 6.07) is 0. The van der Waals surface area contributed by atoms with Crippen LogP contribution in [0.5, 0.6) is 0 Å². The quantitative estimate of drug-likeness (QED) is 0.417. The summed E-state index contributed by atoms with van der Waals surface area (Å²) in [5.41, 5.74) is 4.22. The second kappa shape index (κ2) is 8.69. The van der Waals surface area contributed by atoms with Gasteiger partial charge in [-0.05, 0) is 0 Å². The Morgan fingerprint density at radius 2 is 2.06 bits per heavy atom. The molecule has 1 aliphatic rings. The number of hydrogen-bond donors (Lipinski definition) is 0. The molecule has 18 heavy (non-hydrogen) atoms. The SMILES string of the molecule is CC/C=C(C)/C=C/C=C(C)/C=C1/C=[C]([Hg])CCC1. The molecule has 0 radical (unpaired) electrons. The third kappa shape index (κ3) is 6.54. The van der Waals surface area contributed by atoms with Crippen molar-refractivity contribution < 1.29 is 26.1 Å². The van der Waals surface area contributed by atoms with E-state index in [4.69, 9.17) is 0 Å². The van der Waals surface area contributed by atoms with E-state index >= 15 is 0 Å². The van der Waals surface area contributed by atoms with Crippen LogP contribution < -0.4 is 0 Å². The van der Waals surface area contributed by atoms with Gasteiger partial charge in [0.1, 0.15) is 0 Å². The maximum absolute atomic E-state index is 2.43. The zero-order valence-electron chi connectivity index (χ0n) is 12.0. The molecule has 93 valence electrons. The van der Waals surface area contributed by atoms with E-state index in [1.807, 2.05) is 0 Å². The summed E-state index contributed by atoms with van der Waals surface area (Å²) in [5, 5.41) is 0. The van der Waals surface area contributed by atoms with Gasteiger partial charge in [0.15, 0.2) is 0 Å². The van der Waals surface area contributed by atoms with Crippen molar-refractivity contribution in [3.63, 3.8) is 0 Å². The molecule has 1 heteroatoms. The van der Waals surface area contributed by atoms with Crippen molar-refractivity contribution >= 4 is 0 Å². The van der Waals surface area contributed by atoms with Crippen LogP contribution in [-0.4, -0.2) is 0 Å². The van der Waals surface area contributed by atoms with Crippen LogP contribution in [0, 0.1) is 0 Å². The molecule has 1 aliphatic carbocycles. The summed E-state index contributed by atoms with van der Waals surface area (Å²) in [4.78, 5) is 0. The van der Waals surface area contributed by atoms with Crippen molar-refractivity contribution in [2.75, 3.05) is 0 Å². The van der Waals surface area contributed by atoms with Gasteiger partial charge >= 0.3 is 129 Å². The molecular weight excluding hydrogens is 405 g/mol. The first kappa shape index (κ1) is 15.7.